The Hall–Kier alpha value is -2.50. The molecule has 0 unspecified atom stereocenters. The predicted octanol–water partition coefficient (Wildman–Crippen LogP) is 3.31. The molecule has 1 aromatic heterocycles. The van der Waals surface area contributed by atoms with Crippen molar-refractivity contribution in [2.45, 2.75) is 51.1 Å². The Morgan fingerprint density at radius 1 is 1.20 bits per heavy atom. The second kappa shape index (κ2) is 6.43. The van der Waals surface area contributed by atoms with Crippen molar-refractivity contribution in [2.75, 3.05) is 6.79 Å². The SMILES string of the molecule is CC1(N(Cc2ccc3c(c2)OCO3)C(=O)Cc2ccon2)CCCC1. The second-order valence-corrected chi connectivity index (χ2v) is 7.04. The van der Waals surface area contributed by atoms with Gasteiger partial charge in [0.1, 0.15) is 6.26 Å². The van der Waals surface area contributed by atoms with Crippen molar-refractivity contribution in [3.8, 4) is 11.5 Å². The van der Waals surface area contributed by atoms with E-state index in [-0.39, 0.29) is 24.7 Å². The third-order valence-corrected chi connectivity index (χ3v) is 5.23. The summed E-state index contributed by atoms with van der Waals surface area (Å²) < 4.78 is 15.7. The first-order valence-electron chi connectivity index (χ1n) is 8.72. The van der Waals surface area contributed by atoms with Gasteiger partial charge in [-0.2, -0.15) is 0 Å². The van der Waals surface area contributed by atoms with Gasteiger partial charge in [0.25, 0.3) is 0 Å². The molecule has 1 saturated carbocycles. The van der Waals surface area contributed by atoms with Gasteiger partial charge >= 0.3 is 0 Å². The van der Waals surface area contributed by atoms with E-state index in [0.717, 1.165) is 42.7 Å². The number of aromatic nitrogens is 1. The number of carbonyl (C=O) groups is 1. The number of hydrogen-bond acceptors (Lipinski definition) is 5. The highest BCUT2D eigenvalue weighted by atomic mass is 16.7. The van der Waals surface area contributed by atoms with E-state index in [1.54, 1.807) is 6.07 Å². The summed E-state index contributed by atoms with van der Waals surface area (Å²) in [4.78, 5) is 15.0. The van der Waals surface area contributed by atoms with Gasteiger partial charge in [0.15, 0.2) is 11.5 Å². The van der Waals surface area contributed by atoms with Crippen molar-refractivity contribution in [3.05, 3.63) is 41.8 Å². The number of benzene rings is 1. The minimum Gasteiger partial charge on any atom is -0.454 e. The number of amides is 1. The summed E-state index contributed by atoms with van der Waals surface area (Å²) in [6, 6.07) is 7.63. The molecule has 0 saturated heterocycles. The molecule has 4 rings (SSSR count). The van der Waals surface area contributed by atoms with E-state index in [2.05, 4.69) is 12.1 Å². The molecule has 1 amide bonds. The van der Waals surface area contributed by atoms with Crippen molar-refractivity contribution in [1.82, 2.24) is 10.1 Å². The Labute approximate surface area is 146 Å². The van der Waals surface area contributed by atoms with Crippen LogP contribution in [0.25, 0.3) is 0 Å². The van der Waals surface area contributed by atoms with Gasteiger partial charge in [-0.1, -0.05) is 24.1 Å². The normalized spacial score (nSPS) is 17.6. The lowest BCUT2D eigenvalue weighted by Crippen LogP contribution is -2.48. The quantitative estimate of drug-likeness (QED) is 0.834. The summed E-state index contributed by atoms with van der Waals surface area (Å²) in [5, 5.41) is 3.88. The summed E-state index contributed by atoms with van der Waals surface area (Å²) in [6.07, 6.45) is 6.14. The standard InChI is InChI=1S/C19H22N2O4/c1-19(7-2-3-8-19)21(18(22)11-15-6-9-25-20-15)12-14-4-5-16-17(10-14)24-13-23-16/h4-6,9-10H,2-3,7-8,11-13H2,1H3. The smallest absolute Gasteiger partial charge is 0.231 e. The molecule has 1 fully saturated rings. The third-order valence-electron chi connectivity index (χ3n) is 5.23. The average Bonchev–Trinajstić information content (AvgIpc) is 3.33. The van der Waals surface area contributed by atoms with Crippen LogP contribution in [0, 0.1) is 0 Å². The first kappa shape index (κ1) is 16.0. The van der Waals surface area contributed by atoms with E-state index in [9.17, 15) is 4.79 Å². The fraction of sp³-hybridized carbons (Fsp3) is 0.474. The topological polar surface area (TPSA) is 64.8 Å². The molecule has 0 radical (unpaired) electrons. The zero-order chi connectivity index (χ0) is 17.3. The number of rotatable bonds is 5. The van der Waals surface area contributed by atoms with Crippen LogP contribution in [-0.2, 0) is 17.8 Å². The summed E-state index contributed by atoms with van der Waals surface area (Å²) in [7, 11) is 0. The monoisotopic (exact) mass is 342 g/mol. The Morgan fingerprint density at radius 3 is 2.76 bits per heavy atom. The molecule has 0 N–H and O–H groups in total. The van der Waals surface area contributed by atoms with Gasteiger partial charge in [-0.05, 0) is 37.5 Å². The van der Waals surface area contributed by atoms with Crippen molar-refractivity contribution < 1.29 is 18.8 Å². The third kappa shape index (κ3) is 3.21. The maximum Gasteiger partial charge on any atom is 0.231 e. The number of ether oxygens (including phenoxy) is 2. The predicted molar refractivity (Wildman–Crippen MR) is 90.2 cm³/mol. The lowest BCUT2D eigenvalue weighted by molar-refractivity contribution is -0.137. The Morgan fingerprint density at radius 2 is 2.00 bits per heavy atom. The number of fused-ring (bicyclic) bond motifs is 1. The average molecular weight is 342 g/mol. The Bertz CT molecular complexity index is 751. The van der Waals surface area contributed by atoms with Crippen LogP contribution in [0.1, 0.15) is 43.9 Å². The number of carbonyl (C=O) groups excluding carboxylic acids is 1. The zero-order valence-electron chi connectivity index (χ0n) is 14.4. The van der Waals surface area contributed by atoms with E-state index in [4.69, 9.17) is 14.0 Å². The maximum absolute atomic E-state index is 13.0. The molecule has 1 aromatic carbocycles. The lowest BCUT2D eigenvalue weighted by atomic mass is 9.96. The van der Waals surface area contributed by atoms with Crippen LogP contribution in [0.15, 0.2) is 35.1 Å². The van der Waals surface area contributed by atoms with Gasteiger partial charge in [-0.3, -0.25) is 4.79 Å². The molecule has 6 heteroatoms. The maximum atomic E-state index is 13.0. The molecule has 2 aliphatic rings. The molecule has 6 nitrogen and oxygen atoms in total. The second-order valence-electron chi connectivity index (χ2n) is 7.04. The fourth-order valence-corrected chi connectivity index (χ4v) is 3.79. The highest BCUT2D eigenvalue weighted by Crippen LogP contribution is 2.38. The summed E-state index contributed by atoms with van der Waals surface area (Å²) >= 11 is 0. The Balaban J connectivity index is 1.57. The minimum atomic E-state index is -0.114. The first-order valence-corrected chi connectivity index (χ1v) is 8.72. The van der Waals surface area contributed by atoms with Crippen LogP contribution >= 0.6 is 0 Å². The molecule has 2 heterocycles. The van der Waals surface area contributed by atoms with Gasteiger partial charge in [-0.15, -0.1) is 0 Å². The molecular formula is C19H22N2O4. The van der Waals surface area contributed by atoms with E-state index < -0.39 is 0 Å². The van der Waals surface area contributed by atoms with Gasteiger partial charge in [-0.25, -0.2) is 0 Å². The van der Waals surface area contributed by atoms with Crippen LogP contribution in [0.2, 0.25) is 0 Å². The van der Waals surface area contributed by atoms with E-state index in [1.807, 2.05) is 23.1 Å². The fourth-order valence-electron chi connectivity index (χ4n) is 3.79. The molecule has 1 aliphatic carbocycles. The number of nitrogens with zero attached hydrogens (tertiary/aromatic N) is 2. The van der Waals surface area contributed by atoms with Crippen molar-refractivity contribution in [3.63, 3.8) is 0 Å². The molecule has 132 valence electrons. The van der Waals surface area contributed by atoms with Gasteiger partial charge in [0.2, 0.25) is 12.7 Å². The van der Waals surface area contributed by atoms with Crippen molar-refractivity contribution >= 4 is 5.91 Å². The van der Waals surface area contributed by atoms with Gasteiger partial charge < -0.3 is 18.9 Å². The number of hydrogen-bond donors (Lipinski definition) is 0. The Kier molecular flexibility index (Phi) is 4.11. The highest BCUT2D eigenvalue weighted by molar-refractivity contribution is 5.79. The van der Waals surface area contributed by atoms with Crippen molar-refractivity contribution in [1.29, 1.82) is 0 Å². The van der Waals surface area contributed by atoms with Crippen molar-refractivity contribution in [2.24, 2.45) is 0 Å². The van der Waals surface area contributed by atoms with Crippen LogP contribution in [-0.4, -0.2) is 28.3 Å². The molecule has 0 spiro atoms. The summed E-state index contributed by atoms with van der Waals surface area (Å²) in [5.41, 5.74) is 1.60. The summed E-state index contributed by atoms with van der Waals surface area (Å²) in [5.74, 6) is 1.59. The molecule has 0 atom stereocenters. The largest absolute Gasteiger partial charge is 0.454 e. The van der Waals surface area contributed by atoms with Gasteiger partial charge in [0.05, 0.1) is 12.1 Å². The molecule has 0 bridgehead atoms. The molecule has 1 aliphatic heterocycles. The van der Waals surface area contributed by atoms with Crippen LogP contribution < -0.4 is 9.47 Å². The minimum absolute atomic E-state index is 0.0796. The lowest BCUT2D eigenvalue weighted by Gasteiger charge is -2.39. The molecule has 25 heavy (non-hydrogen) atoms. The van der Waals surface area contributed by atoms with E-state index in [1.165, 1.54) is 6.26 Å². The first-order chi connectivity index (χ1) is 12.1. The highest BCUT2D eigenvalue weighted by Gasteiger charge is 2.38. The molecule has 2 aromatic rings. The molecular weight excluding hydrogens is 320 g/mol. The van der Waals surface area contributed by atoms with E-state index in [0.29, 0.717) is 12.2 Å². The summed E-state index contributed by atoms with van der Waals surface area (Å²) in [6.45, 7) is 3.00. The van der Waals surface area contributed by atoms with Gasteiger partial charge in [0, 0.05) is 18.2 Å². The van der Waals surface area contributed by atoms with Crippen LogP contribution in [0.4, 0.5) is 0 Å². The van der Waals surface area contributed by atoms with Crippen LogP contribution in [0.3, 0.4) is 0 Å². The van der Waals surface area contributed by atoms with E-state index >= 15 is 0 Å². The van der Waals surface area contributed by atoms with Crippen LogP contribution in [0.5, 0.6) is 11.5 Å². The zero-order valence-corrected chi connectivity index (χ0v) is 14.4.